The zero-order chi connectivity index (χ0) is 15.0. The quantitative estimate of drug-likeness (QED) is 0.585. The molecule has 0 aliphatic carbocycles. The van der Waals surface area contributed by atoms with Crippen molar-refractivity contribution in [1.82, 2.24) is 5.32 Å². The maximum atomic E-state index is 11.3. The molecule has 1 aromatic rings. The predicted octanol–water partition coefficient (Wildman–Crippen LogP) is 1.43. The molecule has 1 aromatic carbocycles. The van der Waals surface area contributed by atoms with E-state index in [1.165, 1.54) is 0 Å². The van der Waals surface area contributed by atoms with Crippen LogP contribution in [0.2, 0.25) is 0 Å². The second-order valence-electron chi connectivity index (χ2n) is 4.48. The van der Waals surface area contributed by atoms with Gasteiger partial charge in [-0.15, -0.1) is 0 Å². The summed E-state index contributed by atoms with van der Waals surface area (Å²) in [4.78, 5) is 22.4. The summed E-state index contributed by atoms with van der Waals surface area (Å²) in [7, 11) is 0. The van der Waals surface area contributed by atoms with Crippen molar-refractivity contribution in [1.29, 1.82) is 0 Å². The van der Waals surface area contributed by atoms with Crippen LogP contribution < -0.4 is 10.1 Å². The zero-order valence-electron chi connectivity index (χ0n) is 11.9. The van der Waals surface area contributed by atoms with E-state index in [0.717, 1.165) is 5.56 Å². The SMILES string of the molecule is CCC(=O)N[C@H](CO)Cc1ccc(OC(=O)CC)cc1. The summed E-state index contributed by atoms with van der Waals surface area (Å²) >= 11 is 0. The standard InChI is InChI=1S/C15H21NO4/c1-3-14(18)16-12(10-17)9-11-5-7-13(8-6-11)20-15(19)4-2/h5-8,12,17H,3-4,9-10H2,1-2H3,(H,16,18)/t12-/m0/s1. The third kappa shape index (κ3) is 5.40. The lowest BCUT2D eigenvalue weighted by atomic mass is 10.1. The van der Waals surface area contributed by atoms with Crippen molar-refractivity contribution >= 4 is 11.9 Å². The second-order valence-corrected chi connectivity index (χ2v) is 4.48. The summed E-state index contributed by atoms with van der Waals surface area (Å²) in [6.07, 6.45) is 1.25. The number of aliphatic hydroxyl groups is 1. The van der Waals surface area contributed by atoms with Crippen LogP contribution in [0.3, 0.4) is 0 Å². The maximum Gasteiger partial charge on any atom is 0.310 e. The first-order valence-corrected chi connectivity index (χ1v) is 6.78. The Labute approximate surface area is 118 Å². The minimum absolute atomic E-state index is 0.0856. The van der Waals surface area contributed by atoms with Gasteiger partial charge in [-0.05, 0) is 24.1 Å². The number of aliphatic hydroxyl groups excluding tert-OH is 1. The molecule has 0 aliphatic heterocycles. The second kappa shape index (κ2) is 8.32. The third-order valence-electron chi connectivity index (χ3n) is 2.83. The number of benzene rings is 1. The van der Waals surface area contributed by atoms with Crippen molar-refractivity contribution < 1.29 is 19.4 Å². The third-order valence-corrected chi connectivity index (χ3v) is 2.83. The fraction of sp³-hybridized carbons (Fsp3) is 0.467. The number of carbonyl (C=O) groups excluding carboxylic acids is 2. The molecule has 0 heterocycles. The van der Waals surface area contributed by atoms with Crippen LogP contribution in [-0.4, -0.2) is 29.6 Å². The Bertz CT molecular complexity index is 442. The minimum Gasteiger partial charge on any atom is -0.427 e. The van der Waals surface area contributed by atoms with E-state index in [1.807, 2.05) is 12.1 Å². The molecule has 5 nitrogen and oxygen atoms in total. The molecule has 0 fully saturated rings. The van der Waals surface area contributed by atoms with Gasteiger partial charge in [0, 0.05) is 12.8 Å². The van der Waals surface area contributed by atoms with Crippen LogP contribution in [0, 0.1) is 0 Å². The van der Waals surface area contributed by atoms with Gasteiger partial charge in [-0.1, -0.05) is 26.0 Å². The summed E-state index contributed by atoms with van der Waals surface area (Å²) in [6, 6.07) is 6.75. The molecule has 0 bridgehead atoms. The predicted molar refractivity (Wildman–Crippen MR) is 75.4 cm³/mol. The summed E-state index contributed by atoms with van der Waals surface area (Å²) in [5.74, 6) is 0.137. The number of esters is 1. The average molecular weight is 279 g/mol. The molecule has 0 radical (unpaired) electrons. The van der Waals surface area contributed by atoms with Crippen LogP contribution in [0.5, 0.6) is 5.75 Å². The number of hydrogen-bond acceptors (Lipinski definition) is 4. The molecule has 0 unspecified atom stereocenters. The molecule has 1 atom stereocenters. The van der Waals surface area contributed by atoms with Crippen LogP contribution in [0.25, 0.3) is 0 Å². The highest BCUT2D eigenvalue weighted by Crippen LogP contribution is 2.14. The highest BCUT2D eigenvalue weighted by atomic mass is 16.5. The lowest BCUT2D eigenvalue weighted by molar-refractivity contribution is -0.134. The maximum absolute atomic E-state index is 11.3. The highest BCUT2D eigenvalue weighted by Gasteiger charge is 2.11. The van der Waals surface area contributed by atoms with Gasteiger partial charge in [0.2, 0.25) is 5.91 Å². The fourth-order valence-electron chi connectivity index (χ4n) is 1.67. The Balaban J connectivity index is 2.59. The Morgan fingerprint density at radius 1 is 1.20 bits per heavy atom. The van der Waals surface area contributed by atoms with Gasteiger partial charge in [-0.2, -0.15) is 0 Å². The number of nitrogens with one attached hydrogen (secondary N) is 1. The Morgan fingerprint density at radius 2 is 1.85 bits per heavy atom. The van der Waals surface area contributed by atoms with Gasteiger partial charge in [0.15, 0.2) is 0 Å². The van der Waals surface area contributed by atoms with E-state index in [0.29, 0.717) is 25.0 Å². The Kier molecular flexibility index (Phi) is 6.73. The van der Waals surface area contributed by atoms with Crippen molar-refractivity contribution in [3.63, 3.8) is 0 Å². The van der Waals surface area contributed by atoms with E-state index in [4.69, 9.17) is 4.74 Å². The van der Waals surface area contributed by atoms with Crippen molar-refractivity contribution in [2.45, 2.75) is 39.2 Å². The van der Waals surface area contributed by atoms with Gasteiger partial charge in [0.1, 0.15) is 5.75 Å². The van der Waals surface area contributed by atoms with E-state index in [-0.39, 0.29) is 24.5 Å². The fourth-order valence-corrected chi connectivity index (χ4v) is 1.67. The number of ether oxygens (including phenoxy) is 1. The summed E-state index contributed by atoms with van der Waals surface area (Å²) < 4.78 is 5.07. The van der Waals surface area contributed by atoms with Gasteiger partial charge in [0.25, 0.3) is 0 Å². The molecule has 0 aliphatic rings. The zero-order valence-corrected chi connectivity index (χ0v) is 11.9. The largest absolute Gasteiger partial charge is 0.427 e. The molecule has 20 heavy (non-hydrogen) atoms. The van der Waals surface area contributed by atoms with Crippen molar-refractivity contribution in [2.75, 3.05) is 6.61 Å². The first-order valence-electron chi connectivity index (χ1n) is 6.78. The first-order chi connectivity index (χ1) is 9.58. The lowest BCUT2D eigenvalue weighted by Gasteiger charge is -2.16. The van der Waals surface area contributed by atoms with Gasteiger partial charge in [0.05, 0.1) is 12.6 Å². The molecular formula is C15H21NO4. The highest BCUT2D eigenvalue weighted by molar-refractivity contribution is 5.75. The van der Waals surface area contributed by atoms with E-state index in [2.05, 4.69) is 5.32 Å². The van der Waals surface area contributed by atoms with Crippen LogP contribution in [0.15, 0.2) is 24.3 Å². The number of rotatable bonds is 7. The number of carbonyl (C=O) groups is 2. The summed E-state index contributed by atoms with van der Waals surface area (Å²) in [6.45, 7) is 3.39. The molecule has 0 aromatic heterocycles. The normalized spacial score (nSPS) is 11.8. The van der Waals surface area contributed by atoms with E-state index >= 15 is 0 Å². The summed E-state index contributed by atoms with van der Waals surface area (Å²) in [5.41, 5.74) is 0.955. The van der Waals surface area contributed by atoms with Crippen LogP contribution in [-0.2, 0) is 16.0 Å². The van der Waals surface area contributed by atoms with Gasteiger partial charge >= 0.3 is 5.97 Å². The van der Waals surface area contributed by atoms with Gasteiger partial charge < -0.3 is 15.2 Å². The topological polar surface area (TPSA) is 75.6 Å². The minimum atomic E-state index is -0.300. The van der Waals surface area contributed by atoms with Gasteiger partial charge in [-0.3, -0.25) is 9.59 Å². The molecule has 2 N–H and O–H groups in total. The van der Waals surface area contributed by atoms with Crippen LogP contribution in [0.1, 0.15) is 32.3 Å². The smallest absolute Gasteiger partial charge is 0.310 e. The van der Waals surface area contributed by atoms with Crippen LogP contribution >= 0.6 is 0 Å². The van der Waals surface area contributed by atoms with E-state index in [1.54, 1.807) is 26.0 Å². The van der Waals surface area contributed by atoms with E-state index < -0.39 is 0 Å². The molecular weight excluding hydrogens is 258 g/mol. The van der Waals surface area contributed by atoms with Crippen molar-refractivity contribution in [3.05, 3.63) is 29.8 Å². The molecule has 110 valence electrons. The lowest BCUT2D eigenvalue weighted by Crippen LogP contribution is -2.38. The Hall–Kier alpha value is -1.88. The monoisotopic (exact) mass is 279 g/mol. The van der Waals surface area contributed by atoms with Gasteiger partial charge in [-0.25, -0.2) is 0 Å². The summed E-state index contributed by atoms with van der Waals surface area (Å²) in [5, 5.41) is 12.0. The molecule has 5 heteroatoms. The van der Waals surface area contributed by atoms with Crippen LogP contribution in [0.4, 0.5) is 0 Å². The molecule has 0 saturated carbocycles. The first kappa shape index (κ1) is 16.2. The van der Waals surface area contributed by atoms with Crippen molar-refractivity contribution in [2.24, 2.45) is 0 Å². The van der Waals surface area contributed by atoms with Crippen molar-refractivity contribution in [3.8, 4) is 5.75 Å². The van der Waals surface area contributed by atoms with E-state index in [9.17, 15) is 14.7 Å². The number of amides is 1. The molecule has 1 rings (SSSR count). The average Bonchev–Trinajstić information content (AvgIpc) is 2.48. The molecule has 0 saturated heterocycles. The molecule has 1 amide bonds. The Morgan fingerprint density at radius 3 is 2.35 bits per heavy atom. The number of hydrogen-bond donors (Lipinski definition) is 2. The molecule has 0 spiro atoms.